The van der Waals surface area contributed by atoms with Crippen LogP contribution in [0.2, 0.25) is 0 Å². The van der Waals surface area contributed by atoms with Crippen molar-refractivity contribution in [3.05, 3.63) is 30.3 Å². The molecule has 1 aromatic rings. The molecule has 110 valence electrons. The Morgan fingerprint density at radius 2 is 1.85 bits per heavy atom. The van der Waals surface area contributed by atoms with Gasteiger partial charge in [0.1, 0.15) is 6.54 Å². The SMILES string of the molecule is I.NC(=NCC(=O)Nc1ccccc1)N1CCCCC1. The van der Waals surface area contributed by atoms with Gasteiger partial charge in [-0.05, 0) is 31.4 Å². The van der Waals surface area contributed by atoms with Crippen LogP contribution in [-0.2, 0) is 4.79 Å². The van der Waals surface area contributed by atoms with E-state index in [0.717, 1.165) is 31.6 Å². The third kappa shape index (κ3) is 5.36. The van der Waals surface area contributed by atoms with Crippen molar-refractivity contribution in [2.45, 2.75) is 19.3 Å². The van der Waals surface area contributed by atoms with E-state index in [1.807, 2.05) is 35.2 Å². The van der Waals surface area contributed by atoms with Crippen LogP contribution in [0.15, 0.2) is 35.3 Å². The number of carbonyl (C=O) groups excluding carboxylic acids is 1. The standard InChI is InChI=1S/C14H20N4O.HI/c15-14(18-9-5-2-6-10-18)16-11-13(19)17-12-7-3-1-4-8-12;/h1,3-4,7-8H,2,5-6,9-11H2,(H2,15,16)(H,17,19);1H. The number of nitrogens with zero attached hydrogens (tertiary/aromatic N) is 2. The molecule has 1 aliphatic heterocycles. The number of guanidine groups is 1. The van der Waals surface area contributed by atoms with Gasteiger partial charge in [-0.25, -0.2) is 4.99 Å². The zero-order valence-electron chi connectivity index (χ0n) is 11.4. The largest absolute Gasteiger partial charge is 0.370 e. The average Bonchev–Trinajstić information content (AvgIpc) is 2.47. The Kier molecular flexibility index (Phi) is 7.35. The summed E-state index contributed by atoms with van der Waals surface area (Å²) >= 11 is 0. The quantitative estimate of drug-likeness (QED) is 0.473. The van der Waals surface area contributed by atoms with Crippen molar-refractivity contribution in [2.24, 2.45) is 10.7 Å². The molecule has 0 spiro atoms. The Labute approximate surface area is 136 Å². The van der Waals surface area contributed by atoms with Gasteiger partial charge in [0.2, 0.25) is 5.91 Å². The summed E-state index contributed by atoms with van der Waals surface area (Å²) in [7, 11) is 0. The molecule has 5 nitrogen and oxygen atoms in total. The minimum atomic E-state index is -0.147. The predicted molar refractivity (Wildman–Crippen MR) is 92.4 cm³/mol. The number of aliphatic imine (C=N–C) groups is 1. The zero-order chi connectivity index (χ0) is 13.5. The lowest BCUT2D eigenvalue weighted by Gasteiger charge is -2.27. The van der Waals surface area contributed by atoms with Gasteiger partial charge in [0.15, 0.2) is 5.96 Å². The van der Waals surface area contributed by atoms with E-state index in [1.165, 1.54) is 6.42 Å². The highest BCUT2D eigenvalue weighted by molar-refractivity contribution is 14.0. The monoisotopic (exact) mass is 388 g/mol. The number of halogens is 1. The van der Waals surface area contributed by atoms with E-state index in [2.05, 4.69) is 10.3 Å². The van der Waals surface area contributed by atoms with Crippen LogP contribution in [0.5, 0.6) is 0 Å². The number of hydrogen-bond donors (Lipinski definition) is 2. The zero-order valence-corrected chi connectivity index (χ0v) is 13.7. The highest BCUT2D eigenvalue weighted by atomic mass is 127. The predicted octanol–water partition coefficient (Wildman–Crippen LogP) is 2.04. The molecule has 0 unspecified atom stereocenters. The molecule has 0 radical (unpaired) electrons. The summed E-state index contributed by atoms with van der Waals surface area (Å²) in [6.45, 7) is 1.95. The van der Waals surface area contributed by atoms with Gasteiger partial charge in [-0.2, -0.15) is 0 Å². The van der Waals surface area contributed by atoms with Gasteiger partial charge < -0.3 is 16.0 Å². The van der Waals surface area contributed by atoms with E-state index in [1.54, 1.807) is 0 Å². The highest BCUT2D eigenvalue weighted by Gasteiger charge is 2.12. The van der Waals surface area contributed by atoms with E-state index in [9.17, 15) is 4.79 Å². The summed E-state index contributed by atoms with van der Waals surface area (Å²) in [4.78, 5) is 17.9. The number of nitrogens with two attached hydrogens (primary N) is 1. The number of piperidine rings is 1. The number of likely N-dealkylation sites (tertiary alicyclic amines) is 1. The Morgan fingerprint density at radius 3 is 2.50 bits per heavy atom. The van der Waals surface area contributed by atoms with Crippen molar-refractivity contribution in [3.63, 3.8) is 0 Å². The van der Waals surface area contributed by atoms with E-state index in [4.69, 9.17) is 5.73 Å². The maximum Gasteiger partial charge on any atom is 0.246 e. The van der Waals surface area contributed by atoms with E-state index >= 15 is 0 Å². The van der Waals surface area contributed by atoms with Gasteiger partial charge in [-0.1, -0.05) is 18.2 Å². The first-order chi connectivity index (χ1) is 9.25. The number of nitrogens with one attached hydrogen (secondary N) is 1. The van der Waals surface area contributed by atoms with Crippen molar-refractivity contribution in [2.75, 3.05) is 25.0 Å². The van der Waals surface area contributed by atoms with Gasteiger partial charge in [-0.3, -0.25) is 4.79 Å². The second-order valence-corrected chi connectivity index (χ2v) is 4.64. The third-order valence-corrected chi connectivity index (χ3v) is 3.12. The van der Waals surface area contributed by atoms with Crippen molar-refractivity contribution in [1.29, 1.82) is 0 Å². The van der Waals surface area contributed by atoms with Gasteiger partial charge in [0.25, 0.3) is 0 Å². The van der Waals surface area contributed by atoms with Crippen molar-refractivity contribution in [3.8, 4) is 0 Å². The first kappa shape index (κ1) is 16.7. The maximum atomic E-state index is 11.7. The number of amides is 1. The van der Waals surface area contributed by atoms with Crippen LogP contribution in [0, 0.1) is 0 Å². The van der Waals surface area contributed by atoms with Crippen LogP contribution < -0.4 is 11.1 Å². The molecule has 1 saturated heterocycles. The molecule has 1 amide bonds. The van der Waals surface area contributed by atoms with E-state index in [-0.39, 0.29) is 36.4 Å². The molecule has 0 bridgehead atoms. The van der Waals surface area contributed by atoms with Crippen LogP contribution in [0.1, 0.15) is 19.3 Å². The second kappa shape index (κ2) is 8.78. The molecule has 1 aliphatic rings. The minimum absolute atomic E-state index is 0. The molecule has 0 saturated carbocycles. The van der Waals surface area contributed by atoms with Gasteiger partial charge in [0.05, 0.1) is 0 Å². The molecular weight excluding hydrogens is 367 g/mol. The number of carbonyl (C=O) groups is 1. The van der Waals surface area contributed by atoms with E-state index < -0.39 is 0 Å². The Morgan fingerprint density at radius 1 is 1.20 bits per heavy atom. The maximum absolute atomic E-state index is 11.7. The Balaban J connectivity index is 0.00000200. The molecule has 1 fully saturated rings. The fourth-order valence-corrected chi connectivity index (χ4v) is 2.10. The first-order valence-corrected chi connectivity index (χ1v) is 6.65. The molecule has 1 heterocycles. The summed E-state index contributed by atoms with van der Waals surface area (Å²) in [5.74, 6) is 0.328. The van der Waals surface area contributed by atoms with Gasteiger partial charge in [0, 0.05) is 18.8 Å². The number of rotatable bonds is 3. The van der Waals surface area contributed by atoms with Crippen LogP contribution in [0.25, 0.3) is 0 Å². The summed E-state index contributed by atoms with van der Waals surface area (Å²) in [6.07, 6.45) is 3.54. The summed E-state index contributed by atoms with van der Waals surface area (Å²) < 4.78 is 0. The molecule has 3 N–H and O–H groups in total. The van der Waals surface area contributed by atoms with E-state index in [0.29, 0.717) is 5.96 Å². The lowest BCUT2D eigenvalue weighted by atomic mass is 10.1. The molecule has 0 aliphatic carbocycles. The minimum Gasteiger partial charge on any atom is -0.370 e. The van der Waals surface area contributed by atoms with Crippen LogP contribution >= 0.6 is 24.0 Å². The fraction of sp³-hybridized carbons (Fsp3) is 0.429. The molecule has 20 heavy (non-hydrogen) atoms. The fourth-order valence-electron chi connectivity index (χ4n) is 2.10. The lowest BCUT2D eigenvalue weighted by Crippen LogP contribution is -2.41. The number of benzene rings is 1. The molecule has 0 atom stereocenters. The van der Waals surface area contributed by atoms with Gasteiger partial charge >= 0.3 is 0 Å². The normalized spacial score (nSPS) is 15.4. The Hall–Kier alpha value is -1.31. The Bertz CT molecular complexity index is 444. The molecular formula is C14H21IN4O. The number of anilines is 1. The molecule has 1 aromatic carbocycles. The molecule has 2 rings (SSSR count). The lowest BCUT2D eigenvalue weighted by molar-refractivity contribution is -0.114. The second-order valence-electron chi connectivity index (χ2n) is 4.64. The van der Waals surface area contributed by atoms with Crippen LogP contribution in [0.4, 0.5) is 5.69 Å². The smallest absolute Gasteiger partial charge is 0.246 e. The summed E-state index contributed by atoms with van der Waals surface area (Å²) in [5, 5.41) is 2.78. The number of hydrogen-bond acceptors (Lipinski definition) is 2. The number of para-hydroxylation sites is 1. The van der Waals surface area contributed by atoms with Gasteiger partial charge in [-0.15, -0.1) is 24.0 Å². The van der Waals surface area contributed by atoms with Crippen molar-refractivity contribution >= 4 is 41.5 Å². The molecule has 0 aromatic heterocycles. The first-order valence-electron chi connectivity index (χ1n) is 6.65. The van der Waals surface area contributed by atoms with Crippen molar-refractivity contribution < 1.29 is 4.79 Å². The van der Waals surface area contributed by atoms with Crippen LogP contribution in [-0.4, -0.2) is 36.4 Å². The average molecular weight is 388 g/mol. The summed E-state index contributed by atoms with van der Waals surface area (Å²) in [6, 6.07) is 9.34. The highest BCUT2D eigenvalue weighted by Crippen LogP contribution is 2.08. The molecule has 6 heteroatoms. The van der Waals surface area contributed by atoms with Crippen molar-refractivity contribution in [1.82, 2.24) is 4.90 Å². The summed E-state index contributed by atoms with van der Waals surface area (Å²) in [5.41, 5.74) is 6.66. The third-order valence-electron chi connectivity index (χ3n) is 3.12. The topological polar surface area (TPSA) is 70.7 Å². The van der Waals surface area contributed by atoms with Crippen LogP contribution in [0.3, 0.4) is 0 Å².